The fourth-order valence-electron chi connectivity index (χ4n) is 2.97. The van der Waals surface area contributed by atoms with Crippen LogP contribution in [0.3, 0.4) is 0 Å². The van der Waals surface area contributed by atoms with Gasteiger partial charge in [-0.1, -0.05) is 54.1 Å². The second-order valence-electron chi connectivity index (χ2n) is 5.81. The van der Waals surface area contributed by atoms with Crippen molar-refractivity contribution in [2.45, 2.75) is 0 Å². The second kappa shape index (κ2) is 6.58. The zero-order valence-electron chi connectivity index (χ0n) is 13.7. The number of para-hydroxylation sites is 1. The van der Waals surface area contributed by atoms with Crippen LogP contribution in [0.2, 0.25) is 5.02 Å². The lowest BCUT2D eigenvalue weighted by molar-refractivity contribution is 0.415. The van der Waals surface area contributed by atoms with Crippen LogP contribution in [0.1, 0.15) is 0 Å². The molecule has 122 valence electrons. The third-order valence-electron chi connectivity index (χ3n) is 4.24. The molecule has 0 N–H and O–H groups in total. The molecule has 0 spiro atoms. The number of pyridine rings is 1. The fraction of sp³-hybridized carbons (Fsp3) is 0.0455. The average molecular weight is 346 g/mol. The lowest BCUT2D eigenvalue weighted by atomic mass is 9.98. The van der Waals surface area contributed by atoms with Crippen LogP contribution in [0, 0.1) is 0 Å². The molecule has 0 amide bonds. The van der Waals surface area contributed by atoms with Gasteiger partial charge in [-0.05, 0) is 47.5 Å². The number of ether oxygens (including phenoxy) is 1. The van der Waals surface area contributed by atoms with Gasteiger partial charge < -0.3 is 4.74 Å². The van der Waals surface area contributed by atoms with Crippen LogP contribution >= 0.6 is 11.6 Å². The third kappa shape index (κ3) is 3.09. The summed E-state index contributed by atoms with van der Waals surface area (Å²) >= 11 is 6.05. The summed E-state index contributed by atoms with van der Waals surface area (Å²) in [7, 11) is 1.67. The van der Waals surface area contributed by atoms with Crippen molar-refractivity contribution in [1.29, 1.82) is 0 Å². The number of hydrogen-bond donors (Lipinski definition) is 0. The Bertz CT molecular complexity index is 1040. The van der Waals surface area contributed by atoms with Gasteiger partial charge in [0.2, 0.25) is 0 Å². The first-order valence-corrected chi connectivity index (χ1v) is 8.42. The molecule has 4 aromatic rings. The van der Waals surface area contributed by atoms with E-state index < -0.39 is 0 Å². The van der Waals surface area contributed by atoms with Gasteiger partial charge >= 0.3 is 0 Å². The number of aromatic nitrogens is 1. The van der Waals surface area contributed by atoms with Crippen molar-refractivity contribution in [3.05, 3.63) is 83.9 Å². The first kappa shape index (κ1) is 15.7. The molecule has 0 aliphatic heterocycles. The fourth-order valence-corrected chi connectivity index (χ4v) is 3.10. The third-order valence-corrected chi connectivity index (χ3v) is 4.49. The molecule has 0 aliphatic rings. The Kier molecular flexibility index (Phi) is 4.12. The molecule has 0 unspecified atom stereocenters. The van der Waals surface area contributed by atoms with E-state index in [4.69, 9.17) is 21.3 Å². The summed E-state index contributed by atoms with van der Waals surface area (Å²) in [6, 6.07) is 26.2. The van der Waals surface area contributed by atoms with E-state index in [1.807, 2.05) is 66.7 Å². The first-order chi connectivity index (χ1) is 12.2. The summed E-state index contributed by atoms with van der Waals surface area (Å²) in [4.78, 5) is 4.84. The van der Waals surface area contributed by atoms with Crippen molar-refractivity contribution in [3.63, 3.8) is 0 Å². The van der Waals surface area contributed by atoms with Gasteiger partial charge in [0, 0.05) is 16.0 Å². The summed E-state index contributed by atoms with van der Waals surface area (Å²) in [5.41, 5.74) is 5.17. The number of methoxy groups -OCH3 is 1. The van der Waals surface area contributed by atoms with Crippen LogP contribution in [-0.2, 0) is 0 Å². The SMILES string of the molecule is COc1cccc(-c2cc(-c3ccc(Cl)cc3)c3ccccc3n2)c1. The molecule has 0 atom stereocenters. The van der Waals surface area contributed by atoms with Crippen molar-refractivity contribution >= 4 is 22.5 Å². The van der Waals surface area contributed by atoms with E-state index in [0.717, 1.165) is 44.1 Å². The standard InChI is InChI=1S/C22H16ClNO/c1-25-18-6-4-5-16(13-18)22-14-20(15-9-11-17(23)12-10-15)19-7-2-3-8-21(19)24-22/h2-14H,1H3. The van der Waals surface area contributed by atoms with Gasteiger partial charge in [0.25, 0.3) is 0 Å². The molecule has 25 heavy (non-hydrogen) atoms. The molecule has 1 heterocycles. The zero-order valence-corrected chi connectivity index (χ0v) is 14.5. The Labute approximate surface area is 151 Å². The lowest BCUT2D eigenvalue weighted by Crippen LogP contribution is -1.90. The summed E-state index contributed by atoms with van der Waals surface area (Å²) in [6.07, 6.45) is 0. The molecule has 0 radical (unpaired) electrons. The van der Waals surface area contributed by atoms with Crippen molar-refractivity contribution < 1.29 is 4.74 Å². The molecular formula is C22H16ClNO. The van der Waals surface area contributed by atoms with E-state index >= 15 is 0 Å². The molecule has 0 bridgehead atoms. The molecular weight excluding hydrogens is 330 g/mol. The maximum atomic E-state index is 6.05. The Morgan fingerprint density at radius 3 is 2.40 bits per heavy atom. The first-order valence-electron chi connectivity index (χ1n) is 8.05. The molecule has 0 fully saturated rings. The topological polar surface area (TPSA) is 22.1 Å². The van der Waals surface area contributed by atoms with E-state index in [1.54, 1.807) is 7.11 Å². The van der Waals surface area contributed by atoms with Gasteiger partial charge in [0.1, 0.15) is 5.75 Å². The van der Waals surface area contributed by atoms with Crippen molar-refractivity contribution in [2.75, 3.05) is 7.11 Å². The maximum absolute atomic E-state index is 6.05. The van der Waals surface area contributed by atoms with E-state index in [2.05, 4.69) is 12.1 Å². The highest BCUT2D eigenvalue weighted by atomic mass is 35.5. The van der Waals surface area contributed by atoms with E-state index in [1.165, 1.54) is 0 Å². The van der Waals surface area contributed by atoms with Gasteiger partial charge in [-0.15, -0.1) is 0 Å². The highest BCUT2D eigenvalue weighted by Crippen LogP contribution is 2.33. The molecule has 3 heteroatoms. The number of fused-ring (bicyclic) bond motifs is 1. The van der Waals surface area contributed by atoms with Crippen LogP contribution in [0.15, 0.2) is 78.9 Å². The normalized spacial score (nSPS) is 10.8. The Balaban J connectivity index is 1.96. The number of benzene rings is 3. The molecule has 4 rings (SSSR count). The van der Waals surface area contributed by atoms with Crippen LogP contribution in [0.4, 0.5) is 0 Å². The highest BCUT2D eigenvalue weighted by Gasteiger charge is 2.10. The molecule has 2 nitrogen and oxygen atoms in total. The maximum Gasteiger partial charge on any atom is 0.119 e. The molecule has 3 aromatic carbocycles. The smallest absolute Gasteiger partial charge is 0.119 e. The molecule has 0 saturated heterocycles. The Hall–Kier alpha value is -2.84. The van der Waals surface area contributed by atoms with Crippen LogP contribution in [0.5, 0.6) is 5.75 Å². The van der Waals surface area contributed by atoms with E-state index in [9.17, 15) is 0 Å². The number of rotatable bonds is 3. The van der Waals surface area contributed by atoms with Crippen LogP contribution < -0.4 is 4.74 Å². The monoisotopic (exact) mass is 345 g/mol. The Morgan fingerprint density at radius 2 is 1.60 bits per heavy atom. The number of halogens is 1. The van der Waals surface area contributed by atoms with Gasteiger partial charge in [0.05, 0.1) is 18.3 Å². The molecule has 0 saturated carbocycles. The van der Waals surface area contributed by atoms with E-state index in [0.29, 0.717) is 0 Å². The Morgan fingerprint density at radius 1 is 0.800 bits per heavy atom. The van der Waals surface area contributed by atoms with E-state index in [-0.39, 0.29) is 0 Å². The highest BCUT2D eigenvalue weighted by molar-refractivity contribution is 6.30. The predicted octanol–water partition coefficient (Wildman–Crippen LogP) is 6.23. The van der Waals surface area contributed by atoms with Gasteiger partial charge in [0.15, 0.2) is 0 Å². The molecule has 0 aliphatic carbocycles. The molecule has 1 aromatic heterocycles. The van der Waals surface area contributed by atoms with Gasteiger partial charge in [-0.2, -0.15) is 0 Å². The van der Waals surface area contributed by atoms with Crippen molar-refractivity contribution in [1.82, 2.24) is 4.98 Å². The minimum atomic E-state index is 0.732. The van der Waals surface area contributed by atoms with Crippen molar-refractivity contribution in [3.8, 4) is 28.1 Å². The van der Waals surface area contributed by atoms with Crippen LogP contribution in [0.25, 0.3) is 33.3 Å². The summed E-state index contributed by atoms with van der Waals surface area (Å²) in [5, 5.41) is 1.85. The van der Waals surface area contributed by atoms with Crippen LogP contribution in [-0.4, -0.2) is 12.1 Å². The van der Waals surface area contributed by atoms with Gasteiger partial charge in [-0.3, -0.25) is 0 Å². The number of nitrogens with zero attached hydrogens (tertiary/aromatic N) is 1. The largest absolute Gasteiger partial charge is 0.497 e. The average Bonchev–Trinajstić information content (AvgIpc) is 2.68. The minimum absolute atomic E-state index is 0.732. The van der Waals surface area contributed by atoms with Gasteiger partial charge in [-0.25, -0.2) is 4.98 Å². The number of hydrogen-bond acceptors (Lipinski definition) is 2. The second-order valence-corrected chi connectivity index (χ2v) is 6.25. The minimum Gasteiger partial charge on any atom is -0.497 e. The predicted molar refractivity (Wildman–Crippen MR) is 104 cm³/mol. The zero-order chi connectivity index (χ0) is 17.2. The van der Waals surface area contributed by atoms with Crippen molar-refractivity contribution in [2.24, 2.45) is 0 Å². The summed E-state index contributed by atoms with van der Waals surface area (Å²) in [6.45, 7) is 0. The summed E-state index contributed by atoms with van der Waals surface area (Å²) in [5.74, 6) is 0.820. The lowest BCUT2D eigenvalue weighted by Gasteiger charge is -2.11. The quantitative estimate of drug-likeness (QED) is 0.439. The summed E-state index contributed by atoms with van der Waals surface area (Å²) < 4.78 is 5.35.